The highest BCUT2D eigenvalue weighted by atomic mass is 32.2. The van der Waals surface area contributed by atoms with E-state index in [4.69, 9.17) is 15.6 Å². The van der Waals surface area contributed by atoms with E-state index in [1.54, 1.807) is 18.2 Å². The second-order valence-corrected chi connectivity index (χ2v) is 6.01. The number of aromatic amines is 1. The topological polar surface area (TPSA) is 150 Å². The number of hydrogen-bond acceptors (Lipinski definition) is 7. The van der Waals surface area contributed by atoms with Crippen molar-refractivity contribution >= 4 is 27.0 Å². The summed E-state index contributed by atoms with van der Waals surface area (Å²) >= 11 is 0. The average molecular weight is 320 g/mol. The molecule has 0 fully saturated rings. The molecule has 0 atom stereocenters. The molecule has 0 saturated heterocycles. The van der Waals surface area contributed by atoms with E-state index in [0.717, 1.165) is 0 Å². The lowest BCUT2D eigenvalue weighted by Crippen LogP contribution is -2.15. The van der Waals surface area contributed by atoms with E-state index in [9.17, 15) is 8.42 Å². The van der Waals surface area contributed by atoms with Gasteiger partial charge in [-0.25, -0.2) is 18.5 Å². The Morgan fingerprint density at radius 3 is 2.77 bits per heavy atom. The van der Waals surface area contributed by atoms with E-state index in [2.05, 4.69) is 20.4 Å². The number of hydrogen-bond donors (Lipinski definition) is 3. The molecule has 2 aromatic heterocycles. The van der Waals surface area contributed by atoms with Crippen LogP contribution in [0.3, 0.4) is 0 Å². The second-order valence-electron chi connectivity index (χ2n) is 4.48. The molecule has 0 saturated carbocycles. The summed E-state index contributed by atoms with van der Waals surface area (Å²) in [6, 6.07) is 7.80. The van der Waals surface area contributed by atoms with Crippen LogP contribution in [-0.2, 0) is 16.6 Å². The van der Waals surface area contributed by atoms with Gasteiger partial charge in [0.15, 0.2) is 11.3 Å². The third-order valence-electron chi connectivity index (χ3n) is 2.94. The number of sulfonamides is 1. The molecule has 0 spiro atoms. The highest BCUT2D eigenvalue weighted by Gasteiger charge is 2.15. The summed E-state index contributed by atoms with van der Waals surface area (Å²) in [5.74, 6) is 0.566. The van der Waals surface area contributed by atoms with E-state index in [-0.39, 0.29) is 17.3 Å². The first-order valence-electron chi connectivity index (χ1n) is 6.15. The zero-order chi connectivity index (χ0) is 15.7. The molecule has 0 unspecified atom stereocenters. The molecule has 5 N–H and O–H groups in total. The first-order valence-corrected chi connectivity index (χ1v) is 7.70. The van der Waals surface area contributed by atoms with E-state index in [0.29, 0.717) is 22.5 Å². The number of nitrogens with zero attached hydrogens (tertiary/aromatic N) is 3. The van der Waals surface area contributed by atoms with Gasteiger partial charge in [-0.1, -0.05) is 18.2 Å². The number of anilines is 1. The van der Waals surface area contributed by atoms with Gasteiger partial charge in [0.25, 0.3) is 0 Å². The second kappa shape index (κ2) is 5.24. The molecule has 1 aromatic carbocycles. The Balaban J connectivity index is 1.94. The third-order valence-corrected chi connectivity index (χ3v) is 3.95. The van der Waals surface area contributed by atoms with Gasteiger partial charge < -0.3 is 10.5 Å². The lowest BCUT2D eigenvalue weighted by molar-refractivity contribution is 0.306. The lowest BCUT2D eigenvalue weighted by atomic mass is 10.2. The summed E-state index contributed by atoms with van der Waals surface area (Å²) in [4.78, 5) is 3.99. The van der Waals surface area contributed by atoms with Gasteiger partial charge in [0.1, 0.15) is 12.4 Å². The van der Waals surface area contributed by atoms with Crippen LogP contribution in [0, 0.1) is 0 Å². The smallest absolute Gasteiger partial charge is 0.238 e. The van der Waals surface area contributed by atoms with Crippen LogP contribution >= 0.6 is 0 Å². The summed E-state index contributed by atoms with van der Waals surface area (Å²) in [5, 5.41) is 15.4. The monoisotopic (exact) mass is 320 g/mol. The maximum Gasteiger partial charge on any atom is 0.238 e. The van der Waals surface area contributed by atoms with Crippen molar-refractivity contribution in [3.05, 3.63) is 35.9 Å². The minimum Gasteiger partial charge on any atom is -0.486 e. The number of ether oxygens (including phenoxy) is 1. The largest absolute Gasteiger partial charge is 0.486 e. The Kier molecular flexibility index (Phi) is 3.39. The fourth-order valence-corrected chi connectivity index (χ4v) is 2.75. The minimum atomic E-state index is -3.83. The molecule has 0 radical (unpaired) electrons. The fourth-order valence-electron chi connectivity index (χ4n) is 1.99. The number of nitrogen functional groups attached to an aromatic ring is 1. The fraction of sp³-hybridized carbons (Fsp3) is 0.0833. The highest BCUT2D eigenvalue weighted by Crippen LogP contribution is 2.25. The number of H-pyrrole nitrogens is 1. The van der Waals surface area contributed by atoms with Crippen LogP contribution < -0.4 is 15.6 Å². The Bertz CT molecular complexity index is 937. The zero-order valence-corrected chi connectivity index (χ0v) is 12.0. The Labute approximate surface area is 125 Å². The van der Waals surface area contributed by atoms with Crippen molar-refractivity contribution in [1.29, 1.82) is 0 Å². The molecule has 0 aliphatic rings. The number of fused-ring (bicyclic) bond motifs is 1. The minimum absolute atomic E-state index is 0.00780. The molecule has 3 aromatic rings. The zero-order valence-electron chi connectivity index (χ0n) is 11.2. The Morgan fingerprint density at radius 1 is 1.23 bits per heavy atom. The number of primary sulfonamides is 1. The maximum absolute atomic E-state index is 11.6. The van der Waals surface area contributed by atoms with Gasteiger partial charge in [-0.3, -0.25) is 0 Å². The maximum atomic E-state index is 11.6. The number of nitrogens with one attached hydrogen (secondary N) is 1. The lowest BCUT2D eigenvalue weighted by Gasteiger charge is -2.10. The van der Waals surface area contributed by atoms with E-state index >= 15 is 0 Å². The normalized spacial score (nSPS) is 11.7. The van der Waals surface area contributed by atoms with Crippen molar-refractivity contribution in [2.24, 2.45) is 5.14 Å². The third kappa shape index (κ3) is 2.69. The average Bonchev–Trinajstić information content (AvgIpc) is 2.92. The van der Waals surface area contributed by atoms with Gasteiger partial charge in [0.05, 0.1) is 4.90 Å². The van der Waals surface area contributed by atoms with Crippen molar-refractivity contribution in [3.8, 4) is 5.75 Å². The first kappa shape index (κ1) is 14.2. The molecule has 3 rings (SSSR count). The Hall–Kier alpha value is -2.72. The van der Waals surface area contributed by atoms with Gasteiger partial charge in [-0.2, -0.15) is 10.3 Å². The van der Waals surface area contributed by atoms with Crippen LogP contribution in [0.1, 0.15) is 5.56 Å². The first-order chi connectivity index (χ1) is 10.4. The van der Waals surface area contributed by atoms with Gasteiger partial charge in [-0.05, 0) is 6.07 Å². The SMILES string of the molecule is Nc1cc(OCc2ccccc2S(N)(=O)=O)c2n[nH]nc2n1. The molecule has 0 aliphatic carbocycles. The van der Waals surface area contributed by atoms with Crippen molar-refractivity contribution in [2.45, 2.75) is 11.5 Å². The molecule has 114 valence electrons. The van der Waals surface area contributed by atoms with Crippen molar-refractivity contribution in [3.63, 3.8) is 0 Å². The molecule has 0 aliphatic heterocycles. The number of benzene rings is 1. The van der Waals surface area contributed by atoms with Gasteiger partial charge in [0, 0.05) is 11.6 Å². The summed E-state index contributed by atoms with van der Waals surface area (Å²) in [6.07, 6.45) is 0. The highest BCUT2D eigenvalue weighted by molar-refractivity contribution is 7.89. The predicted octanol–water partition coefficient (Wildman–Crippen LogP) is 0.162. The molecule has 2 heterocycles. The summed E-state index contributed by atoms with van der Waals surface area (Å²) in [7, 11) is -3.83. The summed E-state index contributed by atoms with van der Waals surface area (Å²) in [6.45, 7) is -0.0159. The molecular weight excluding hydrogens is 308 g/mol. The molecular formula is C12H12N6O3S. The van der Waals surface area contributed by atoms with Crippen LogP contribution in [0.15, 0.2) is 35.2 Å². The van der Waals surface area contributed by atoms with Crippen LogP contribution in [0.4, 0.5) is 5.82 Å². The number of rotatable bonds is 4. The van der Waals surface area contributed by atoms with Gasteiger partial charge in [0.2, 0.25) is 15.7 Å². The van der Waals surface area contributed by atoms with Crippen LogP contribution in [-0.4, -0.2) is 28.8 Å². The molecule has 10 heteroatoms. The summed E-state index contributed by atoms with van der Waals surface area (Å²) in [5.41, 5.74) is 6.81. The van der Waals surface area contributed by atoms with Crippen LogP contribution in [0.5, 0.6) is 5.75 Å². The van der Waals surface area contributed by atoms with Crippen molar-refractivity contribution in [2.75, 3.05) is 5.73 Å². The van der Waals surface area contributed by atoms with Crippen LogP contribution in [0.25, 0.3) is 11.2 Å². The van der Waals surface area contributed by atoms with Gasteiger partial charge in [-0.15, -0.1) is 5.10 Å². The quantitative estimate of drug-likeness (QED) is 0.619. The molecule has 9 nitrogen and oxygen atoms in total. The van der Waals surface area contributed by atoms with Crippen molar-refractivity contribution < 1.29 is 13.2 Å². The molecule has 0 bridgehead atoms. The predicted molar refractivity (Wildman–Crippen MR) is 78.2 cm³/mol. The van der Waals surface area contributed by atoms with Gasteiger partial charge >= 0.3 is 0 Å². The Morgan fingerprint density at radius 2 is 2.00 bits per heavy atom. The van der Waals surface area contributed by atoms with E-state index in [1.165, 1.54) is 12.1 Å². The van der Waals surface area contributed by atoms with E-state index < -0.39 is 10.0 Å². The molecule has 0 amide bonds. The van der Waals surface area contributed by atoms with Crippen LogP contribution in [0.2, 0.25) is 0 Å². The van der Waals surface area contributed by atoms with E-state index in [1.807, 2.05) is 0 Å². The number of nitrogens with two attached hydrogens (primary N) is 2. The van der Waals surface area contributed by atoms with Crippen molar-refractivity contribution in [1.82, 2.24) is 20.4 Å². The standard InChI is InChI=1S/C12H12N6O3S/c13-10-5-8(11-12(15-10)17-18-16-11)21-6-7-3-1-2-4-9(7)22(14,19)20/h1-5H,6H2,(H2,14,19,20)(H3,13,15,16,17,18). The number of aromatic nitrogens is 4. The number of pyridine rings is 1. The summed E-state index contributed by atoms with van der Waals surface area (Å²) < 4.78 is 28.7. The molecule has 22 heavy (non-hydrogen) atoms.